The van der Waals surface area contributed by atoms with E-state index in [1.54, 1.807) is 0 Å². The molecule has 0 atom stereocenters. The second kappa shape index (κ2) is 12.8. The molecule has 1 aliphatic rings. The summed E-state index contributed by atoms with van der Waals surface area (Å²) < 4.78 is 12.5. The average molecular weight is 509 g/mol. The lowest BCUT2D eigenvalue weighted by Gasteiger charge is -2.25. The maximum atomic E-state index is 6.25. The van der Waals surface area contributed by atoms with Gasteiger partial charge in [-0.15, -0.1) is 0 Å². The van der Waals surface area contributed by atoms with Crippen LogP contribution in [0.4, 0.5) is 0 Å². The van der Waals surface area contributed by atoms with Crippen molar-refractivity contribution >= 4 is 43.2 Å². The molecule has 0 spiro atoms. The zero-order chi connectivity index (χ0) is 23.1. The van der Waals surface area contributed by atoms with Crippen LogP contribution in [0.5, 0.6) is 11.5 Å². The van der Waals surface area contributed by atoms with E-state index in [2.05, 4.69) is 65.8 Å². The normalized spacial score (nSPS) is 13.5. The Bertz CT molecular complexity index is 822. The Balaban J connectivity index is 2.01. The summed E-state index contributed by atoms with van der Waals surface area (Å²) in [6.45, 7) is 15.1. The Labute approximate surface area is 210 Å². The summed E-state index contributed by atoms with van der Waals surface area (Å²) in [6, 6.07) is 8.88. The first kappa shape index (κ1) is 26.1. The number of hydrogen-bond donors (Lipinski definition) is 0. The molecular weight excluding hydrogens is 473 g/mol. The van der Waals surface area contributed by atoms with Crippen LogP contribution in [0.2, 0.25) is 0 Å². The van der Waals surface area contributed by atoms with Gasteiger partial charge in [-0.2, -0.15) is 0 Å². The highest BCUT2D eigenvalue weighted by Gasteiger charge is 2.26. The summed E-state index contributed by atoms with van der Waals surface area (Å²) in [6.07, 6.45) is 4.45. The van der Waals surface area contributed by atoms with E-state index in [1.165, 1.54) is 30.7 Å². The van der Waals surface area contributed by atoms with E-state index in [9.17, 15) is 0 Å². The highest BCUT2D eigenvalue weighted by Crippen LogP contribution is 2.60. The minimum absolute atomic E-state index is 0.466. The third-order valence-corrected chi connectivity index (χ3v) is 10.7. The maximum Gasteiger partial charge on any atom is 0.134 e. The largest absolute Gasteiger partial charge is 0.492 e. The second-order valence-electron chi connectivity index (χ2n) is 8.67. The van der Waals surface area contributed by atoms with Gasteiger partial charge in [-0.25, -0.2) is 0 Å². The summed E-state index contributed by atoms with van der Waals surface area (Å²) in [5, 5.41) is 0. The van der Waals surface area contributed by atoms with Crippen LogP contribution in [0.25, 0.3) is 0 Å². The van der Waals surface area contributed by atoms with Gasteiger partial charge in [-0.05, 0) is 69.5 Å². The SMILES string of the molecule is CCCCOc1ccc(C(C)C)c2c1SSc1c(C(C)C)ccc(OCCCC)c1SS2. The molecular formula is C26H36O2S4. The number of benzene rings is 2. The highest BCUT2D eigenvalue weighted by atomic mass is 33.1. The molecule has 0 amide bonds. The lowest BCUT2D eigenvalue weighted by molar-refractivity contribution is 0.301. The van der Waals surface area contributed by atoms with Gasteiger partial charge in [0.1, 0.15) is 11.5 Å². The van der Waals surface area contributed by atoms with Gasteiger partial charge >= 0.3 is 0 Å². The van der Waals surface area contributed by atoms with Crippen molar-refractivity contribution in [1.29, 1.82) is 0 Å². The van der Waals surface area contributed by atoms with Crippen LogP contribution >= 0.6 is 43.2 Å². The van der Waals surface area contributed by atoms with Crippen LogP contribution in [0.3, 0.4) is 0 Å². The Morgan fingerprint density at radius 2 is 0.969 bits per heavy atom. The van der Waals surface area contributed by atoms with Crippen molar-refractivity contribution in [1.82, 2.24) is 0 Å². The van der Waals surface area contributed by atoms with Gasteiger partial charge < -0.3 is 9.47 Å². The molecule has 0 fully saturated rings. The Morgan fingerprint density at radius 1 is 0.594 bits per heavy atom. The van der Waals surface area contributed by atoms with Crippen LogP contribution in [-0.2, 0) is 0 Å². The van der Waals surface area contributed by atoms with Crippen LogP contribution in [0.15, 0.2) is 43.8 Å². The summed E-state index contributed by atoms with van der Waals surface area (Å²) in [7, 11) is 7.45. The first-order valence-corrected chi connectivity index (χ1v) is 16.1. The molecule has 0 bridgehead atoms. The molecule has 1 heterocycles. The van der Waals surface area contributed by atoms with Crippen molar-refractivity contribution in [3.8, 4) is 11.5 Å². The number of ether oxygens (including phenoxy) is 2. The third kappa shape index (κ3) is 6.31. The fourth-order valence-electron chi connectivity index (χ4n) is 3.41. The van der Waals surface area contributed by atoms with Crippen LogP contribution in [0.1, 0.15) is 90.2 Å². The summed E-state index contributed by atoms with van der Waals surface area (Å²) in [5.41, 5.74) is 2.79. The van der Waals surface area contributed by atoms with Crippen molar-refractivity contribution in [2.24, 2.45) is 0 Å². The van der Waals surface area contributed by atoms with Gasteiger partial charge in [0.15, 0.2) is 0 Å². The molecule has 6 heteroatoms. The topological polar surface area (TPSA) is 18.5 Å². The molecule has 176 valence electrons. The molecule has 0 aliphatic carbocycles. The van der Waals surface area contributed by atoms with Gasteiger partial charge in [0, 0.05) is 9.79 Å². The number of unbranched alkanes of at least 4 members (excludes halogenated alkanes) is 2. The van der Waals surface area contributed by atoms with Crippen molar-refractivity contribution < 1.29 is 9.47 Å². The van der Waals surface area contributed by atoms with Crippen LogP contribution < -0.4 is 9.47 Å². The van der Waals surface area contributed by atoms with Gasteiger partial charge in [0.2, 0.25) is 0 Å². The molecule has 2 aromatic rings. The molecule has 0 N–H and O–H groups in total. The van der Waals surface area contributed by atoms with E-state index in [-0.39, 0.29) is 0 Å². The monoisotopic (exact) mass is 508 g/mol. The summed E-state index contributed by atoms with van der Waals surface area (Å²) >= 11 is 0. The zero-order valence-corrected chi connectivity index (χ0v) is 23.4. The van der Waals surface area contributed by atoms with E-state index < -0.39 is 0 Å². The molecule has 0 saturated carbocycles. The van der Waals surface area contributed by atoms with Crippen molar-refractivity contribution in [3.05, 3.63) is 35.4 Å². The molecule has 32 heavy (non-hydrogen) atoms. The lowest BCUT2D eigenvalue weighted by atomic mass is 10.0. The smallest absolute Gasteiger partial charge is 0.134 e. The first-order chi connectivity index (χ1) is 15.5. The predicted octanol–water partition coefficient (Wildman–Crippen LogP) is 10.2. The van der Waals surface area contributed by atoms with Crippen LogP contribution in [0, 0.1) is 0 Å². The molecule has 0 saturated heterocycles. The van der Waals surface area contributed by atoms with Gasteiger partial charge in [-0.1, -0.05) is 88.1 Å². The fourth-order valence-corrected chi connectivity index (χ4v) is 9.90. The molecule has 0 aromatic heterocycles. The quantitative estimate of drug-likeness (QED) is 0.233. The third-order valence-electron chi connectivity index (χ3n) is 5.38. The van der Waals surface area contributed by atoms with Gasteiger partial charge in [-0.3, -0.25) is 0 Å². The molecule has 2 nitrogen and oxygen atoms in total. The van der Waals surface area contributed by atoms with E-state index in [1.807, 2.05) is 43.2 Å². The van der Waals surface area contributed by atoms with E-state index >= 15 is 0 Å². The number of rotatable bonds is 10. The number of fused-ring (bicyclic) bond motifs is 2. The average Bonchev–Trinajstić information content (AvgIpc) is 2.75. The van der Waals surface area contributed by atoms with Crippen LogP contribution in [-0.4, -0.2) is 13.2 Å². The maximum absolute atomic E-state index is 6.25. The fraction of sp³-hybridized carbons (Fsp3) is 0.538. The molecule has 3 rings (SSSR count). The van der Waals surface area contributed by atoms with Crippen molar-refractivity contribution in [2.75, 3.05) is 13.2 Å². The minimum atomic E-state index is 0.466. The lowest BCUT2D eigenvalue weighted by Crippen LogP contribution is -2.03. The van der Waals surface area contributed by atoms with Crippen molar-refractivity contribution in [3.63, 3.8) is 0 Å². The molecule has 0 unspecified atom stereocenters. The Hall–Kier alpha value is -0.560. The molecule has 0 radical (unpaired) electrons. The highest BCUT2D eigenvalue weighted by molar-refractivity contribution is 8.79. The predicted molar refractivity (Wildman–Crippen MR) is 145 cm³/mol. The summed E-state index contributed by atoms with van der Waals surface area (Å²) in [4.78, 5) is 5.23. The van der Waals surface area contributed by atoms with E-state index in [4.69, 9.17) is 9.47 Å². The zero-order valence-electron chi connectivity index (χ0n) is 20.2. The van der Waals surface area contributed by atoms with E-state index in [0.29, 0.717) is 11.8 Å². The summed E-state index contributed by atoms with van der Waals surface area (Å²) in [5.74, 6) is 2.98. The van der Waals surface area contributed by atoms with Gasteiger partial charge in [0.05, 0.1) is 23.0 Å². The first-order valence-electron chi connectivity index (χ1n) is 11.8. The Morgan fingerprint density at radius 3 is 1.31 bits per heavy atom. The standard InChI is InChI=1S/C26H36O2S4/c1-7-9-15-27-21-13-11-19(17(3)4)23-25(21)31-30-24-20(18(5)6)12-14-22(26(24)32-29-23)28-16-10-8-2/h11-14,17-18H,7-10,15-16H2,1-6H3. The van der Waals surface area contributed by atoms with Crippen molar-refractivity contribution in [2.45, 2.75) is 98.6 Å². The minimum Gasteiger partial charge on any atom is -0.492 e. The molecule has 1 aliphatic heterocycles. The van der Waals surface area contributed by atoms with Gasteiger partial charge in [0.25, 0.3) is 0 Å². The van der Waals surface area contributed by atoms with E-state index in [0.717, 1.165) is 50.4 Å². The second-order valence-corrected chi connectivity index (χ2v) is 13.0. The number of hydrogen-bond acceptors (Lipinski definition) is 6. The molecule has 2 aromatic carbocycles. The Kier molecular flexibility index (Phi) is 10.4.